The minimum Gasteiger partial charge on any atom is -0.480 e. The number of hydrogen-bond acceptors (Lipinski definition) is 3. The van der Waals surface area contributed by atoms with E-state index in [1.165, 1.54) is 17.0 Å². The fourth-order valence-corrected chi connectivity index (χ4v) is 2.56. The number of aliphatic carboxylic acids is 1. The first-order valence-corrected chi connectivity index (χ1v) is 8.34. The Morgan fingerprint density at radius 1 is 1.08 bits per heavy atom. The zero-order chi connectivity index (χ0) is 18.4. The molecule has 0 aromatic heterocycles. The molecule has 0 aliphatic heterocycles. The van der Waals surface area contributed by atoms with Crippen LogP contribution in [0.25, 0.3) is 11.1 Å². The summed E-state index contributed by atoms with van der Waals surface area (Å²) in [6.07, 6.45) is 0.988. The standard InChI is InChI=1S/C19H21ClN2O3/c1-3-13-4-6-14(7-5-13)15-8-10-16(11-9-15)18(23)21-17(19(24)25)12-22(2)20/h4-11,17H,3,12H2,1-2H3,(H,21,23)(H,24,25). The summed E-state index contributed by atoms with van der Waals surface area (Å²) in [5.74, 6) is -1.58. The van der Waals surface area contributed by atoms with Gasteiger partial charge in [0.2, 0.25) is 0 Å². The van der Waals surface area contributed by atoms with Crippen LogP contribution in [0, 0.1) is 0 Å². The zero-order valence-corrected chi connectivity index (χ0v) is 15.0. The summed E-state index contributed by atoms with van der Waals surface area (Å²) in [6.45, 7) is 2.11. The van der Waals surface area contributed by atoms with Crippen LogP contribution in [-0.4, -0.2) is 41.0 Å². The van der Waals surface area contributed by atoms with Gasteiger partial charge in [-0.1, -0.05) is 43.3 Å². The second-order valence-electron chi connectivity index (χ2n) is 5.78. The molecule has 0 aliphatic carbocycles. The number of carboxylic acid groups (broad SMARTS) is 1. The van der Waals surface area contributed by atoms with Gasteiger partial charge in [0.25, 0.3) is 5.91 Å². The van der Waals surface area contributed by atoms with Crippen molar-refractivity contribution in [2.45, 2.75) is 19.4 Å². The Balaban J connectivity index is 2.09. The third-order valence-electron chi connectivity index (χ3n) is 3.88. The summed E-state index contributed by atoms with van der Waals surface area (Å²) in [5, 5.41) is 11.6. The lowest BCUT2D eigenvalue weighted by Gasteiger charge is -2.17. The van der Waals surface area contributed by atoms with Crippen LogP contribution >= 0.6 is 11.8 Å². The summed E-state index contributed by atoms with van der Waals surface area (Å²) in [6, 6.07) is 14.2. The number of carbonyl (C=O) groups excluding carboxylic acids is 1. The molecule has 2 aromatic carbocycles. The molecule has 0 fully saturated rings. The average molecular weight is 361 g/mol. The molecule has 5 nitrogen and oxygen atoms in total. The van der Waals surface area contributed by atoms with Gasteiger partial charge in [-0.05, 0) is 47.0 Å². The molecular formula is C19H21ClN2O3. The summed E-state index contributed by atoms with van der Waals surface area (Å²) in [5.41, 5.74) is 3.73. The molecule has 2 N–H and O–H groups in total. The highest BCUT2D eigenvalue weighted by molar-refractivity contribution is 6.13. The molecule has 0 saturated heterocycles. The number of hydrogen-bond donors (Lipinski definition) is 2. The van der Waals surface area contributed by atoms with E-state index in [0.717, 1.165) is 17.5 Å². The van der Waals surface area contributed by atoms with Gasteiger partial charge < -0.3 is 10.4 Å². The van der Waals surface area contributed by atoms with Crippen LogP contribution in [0.2, 0.25) is 0 Å². The van der Waals surface area contributed by atoms with Crippen molar-refractivity contribution in [3.63, 3.8) is 0 Å². The molecule has 1 atom stereocenters. The molecule has 25 heavy (non-hydrogen) atoms. The van der Waals surface area contributed by atoms with Crippen LogP contribution in [0.1, 0.15) is 22.8 Å². The van der Waals surface area contributed by atoms with E-state index in [-0.39, 0.29) is 6.54 Å². The lowest BCUT2D eigenvalue weighted by Crippen LogP contribution is -2.46. The van der Waals surface area contributed by atoms with Crippen LogP contribution in [-0.2, 0) is 11.2 Å². The molecule has 1 amide bonds. The maximum Gasteiger partial charge on any atom is 0.327 e. The number of carboxylic acids is 1. The van der Waals surface area contributed by atoms with Gasteiger partial charge in [0.05, 0.1) is 0 Å². The monoisotopic (exact) mass is 360 g/mol. The van der Waals surface area contributed by atoms with E-state index in [9.17, 15) is 9.59 Å². The lowest BCUT2D eigenvalue weighted by molar-refractivity contribution is -0.139. The quantitative estimate of drug-likeness (QED) is 0.744. The molecule has 0 aliphatic rings. The number of likely N-dealkylation sites (N-methyl/N-ethyl adjacent to an activating group) is 1. The first kappa shape index (κ1) is 19.0. The molecular weight excluding hydrogens is 340 g/mol. The van der Waals surface area contributed by atoms with Gasteiger partial charge in [-0.2, -0.15) is 0 Å². The van der Waals surface area contributed by atoms with Crippen LogP contribution < -0.4 is 5.32 Å². The Morgan fingerprint density at radius 2 is 1.60 bits per heavy atom. The van der Waals surface area contributed by atoms with E-state index in [2.05, 4.69) is 24.4 Å². The maximum atomic E-state index is 12.2. The van der Waals surface area contributed by atoms with Crippen LogP contribution in [0.3, 0.4) is 0 Å². The van der Waals surface area contributed by atoms with Crippen LogP contribution in [0.4, 0.5) is 0 Å². The van der Waals surface area contributed by atoms with Gasteiger partial charge in [0.1, 0.15) is 6.04 Å². The number of nitrogens with one attached hydrogen (secondary N) is 1. The fourth-order valence-electron chi connectivity index (χ4n) is 2.43. The number of halogens is 1. The van der Waals surface area contributed by atoms with Crippen molar-refractivity contribution < 1.29 is 14.7 Å². The Kier molecular flexibility index (Phi) is 6.56. The molecule has 0 spiro atoms. The van der Waals surface area contributed by atoms with Gasteiger partial charge in [0, 0.05) is 19.2 Å². The molecule has 0 radical (unpaired) electrons. The highest BCUT2D eigenvalue weighted by Crippen LogP contribution is 2.20. The van der Waals surface area contributed by atoms with Crippen molar-refractivity contribution in [1.29, 1.82) is 0 Å². The summed E-state index contributed by atoms with van der Waals surface area (Å²) < 4.78 is 1.20. The molecule has 1 unspecified atom stereocenters. The first-order chi connectivity index (χ1) is 11.9. The van der Waals surface area contributed by atoms with Gasteiger partial charge in [0.15, 0.2) is 0 Å². The van der Waals surface area contributed by atoms with E-state index < -0.39 is 17.9 Å². The molecule has 0 heterocycles. The van der Waals surface area contributed by atoms with Gasteiger partial charge in [-0.15, -0.1) is 0 Å². The molecule has 0 saturated carbocycles. The largest absolute Gasteiger partial charge is 0.480 e. The molecule has 0 bridgehead atoms. The summed E-state index contributed by atoms with van der Waals surface area (Å²) >= 11 is 5.67. The number of amides is 1. The lowest BCUT2D eigenvalue weighted by atomic mass is 10.0. The van der Waals surface area contributed by atoms with E-state index >= 15 is 0 Å². The topological polar surface area (TPSA) is 69.6 Å². The van der Waals surface area contributed by atoms with E-state index in [4.69, 9.17) is 16.9 Å². The SMILES string of the molecule is CCc1ccc(-c2ccc(C(=O)NC(CN(C)Cl)C(=O)O)cc2)cc1. The van der Waals surface area contributed by atoms with Crippen LogP contribution in [0.15, 0.2) is 48.5 Å². The zero-order valence-electron chi connectivity index (χ0n) is 14.2. The number of rotatable bonds is 7. The third kappa shape index (κ3) is 5.31. The number of benzene rings is 2. The second kappa shape index (κ2) is 8.65. The minimum atomic E-state index is -1.13. The molecule has 132 valence electrons. The van der Waals surface area contributed by atoms with Crippen molar-refractivity contribution in [2.24, 2.45) is 0 Å². The number of carbonyl (C=O) groups is 2. The molecule has 2 rings (SSSR count). The Bertz CT molecular complexity index is 727. The van der Waals surface area contributed by atoms with Gasteiger partial charge >= 0.3 is 5.97 Å². The number of nitrogens with zero attached hydrogens (tertiary/aromatic N) is 1. The second-order valence-corrected chi connectivity index (χ2v) is 6.36. The normalized spacial score (nSPS) is 12.0. The maximum absolute atomic E-state index is 12.2. The van der Waals surface area contributed by atoms with Crippen molar-refractivity contribution in [2.75, 3.05) is 13.6 Å². The number of aryl methyl sites for hydroxylation is 1. The third-order valence-corrected chi connectivity index (χ3v) is 4.02. The smallest absolute Gasteiger partial charge is 0.327 e. The predicted octanol–water partition coefficient (Wildman–Crippen LogP) is 3.18. The highest BCUT2D eigenvalue weighted by Gasteiger charge is 2.21. The van der Waals surface area contributed by atoms with Crippen molar-refractivity contribution in [3.8, 4) is 11.1 Å². The average Bonchev–Trinajstić information content (AvgIpc) is 2.61. The Hall–Kier alpha value is -2.37. The van der Waals surface area contributed by atoms with Gasteiger partial charge in [-0.3, -0.25) is 4.79 Å². The Morgan fingerprint density at radius 3 is 2.04 bits per heavy atom. The summed E-state index contributed by atoms with van der Waals surface area (Å²) in [7, 11) is 1.53. The predicted molar refractivity (Wildman–Crippen MR) is 98.6 cm³/mol. The minimum absolute atomic E-state index is 0.00445. The molecule has 6 heteroatoms. The fraction of sp³-hybridized carbons (Fsp3) is 0.263. The van der Waals surface area contributed by atoms with E-state index in [1.807, 2.05) is 24.3 Å². The van der Waals surface area contributed by atoms with Crippen molar-refractivity contribution >= 4 is 23.7 Å². The van der Waals surface area contributed by atoms with Crippen molar-refractivity contribution in [1.82, 2.24) is 9.74 Å². The first-order valence-electron chi connectivity index (χ1n) is 8.00. The van der Waals surface area contributed by atoms with E-state index in [0.29, 0.717) is 5.56 Å². The highest BCUT2D eigenvalue weighted by atomic mass is 35.5. The van der Waals surface area contributed by atoms with Gasteiger partial charge in [-0.25, -0.2) is 9.21 Å². The van der Waals surface area contributed by atoms with Crippen molar-refractivity contribution in [3.05, 3.63) is 59.7 Å². The van der Waals surface area contributed by atoms with Crippen LogP contribution in [0.5, 0.6) is 0 Å². The Labute approximate surface area is 152 Å². The van der Waals surface area contributed by atoms with E-state index in [1.54, 1.807) is 12.1 Å². The molecule has 2 aromatic rings. The summed E-state index contributed by atoms with van der Waals surface area (Å²) in [4.78, 5) is 23.4.